The number of nitrogens with one attached hydrogen (secondary N) is 1. The molecule has 5 heteroatoms. The Bertz CT molecular complexity index is 669. The average molecular weight is 301 g/mol. The fraction of sp³-hybridized carbons (Fsp3) is 0.235. The summed E-state index contributed by atoms with van der Waals surface area (Å²) in [5.74, 6) is -1.04. The predicted octanol–water partition coefficient (Wildman–Crippen LogP) is 3.51. The molecule has 0 bridgehead atoms. The van der Waals surface area contributed by atoms with Crippen molar-refractivity contribution in [1.82, 2.24) is 0 Å². The van der Waals surface area contributed by atoms with Crippen molar-refractivity contribution in [2.75, 3.05) is 29.0 Å². The van der Waals surface area contributed by atoms with Gasteiger partial charge in [-0.25, -0.2) is 4.39 Å². The number of halogens is 1. The topological polar surface area (TPSA) is 58.4 Å². The summed E-state index contributed by atoms with van der Waals surface area (Å²) < 4.78 is 13.7. The van der Waals surface area contributed by atoms with E-state index in [2.05, 4.69) is 10.2 Å². The van der Waals surface area contributed by atoms with Crippen LogP contribution in [0.25, 0.3) is 0 Å². The number of hydrogen-bond acceptors (Lipinski definition) is 3. The minimum absolute atomic E-state index is 0.00965. The standard InChI is InChI=1S/C17H20FN3O/c1-3-21(4-2)16-10-9-12(19)11-15(16)20-17(22)13-7-5-6-8-14(13)18/h5-11H,3-4,19H2,1-2H3,(H,20,22). The van der Waals surface area contributed by atoms with Crippen LogP contribution in [0.5, 0.6) is 0 Å². The monoisotopic (exact) mass is 301 g/mol. The van der Waals surface area contributed by atoms with Crippen LogP contribution in [0.3, 0.4) is 0 Å². The molecule has 0 spiro atoms. The van der Waals surface area contributed by atoms with E-state index < -0.39 is 11.7 Å². The molecule has 116 valence electrons. The van der Waals surface area contributed by atoms with Crippen molar-refractivity contribution in [3.63, 3.8) is 0 Å². The maximum atomic E-state index is 13.7. The number of carbonyl (C=O) groups excluding carboxylic acids is 1. The van der Waals surface area contributed by atoms with Crippen LogP contribution in [0, 0.1) is 5.82 Å². The largest absolute Gasteiger partial charge is 0.399 e. The Balaban J connectivity index is 2.34. The first-order chi connectivity index (χ1) is 10.6. The van der Waals surface area contributed by atoms with Crippen molar-refractivity contribution in [1.29, 1.82) is 0 Å². The van der Waals surface area contributed by atoms with Crippen molar-refractivity contribution in [3.05, 3.63) is 53.8 Å². The molecule has 0 atom stereocenters. The second kappa shape index (κ2) is 6.93. The zero-order valence-corrected chi connectivity index (χ0v) is 12.8. The molecule has 0 aliphatic rings. The summed E-state index contributed by atoms with van der Waals surface area (Å²) in [6.45, 7) is 5.65. The SMILES string of the molecule is CCN(CC)c1ccc(N)cc1NC(=O)c1ccccc1F. The highest BCUT2D eigenvalue weighted by Crippen LogP contribution is 2.28. The number of nitrogen functional groups attached to an aromatic ring is 1. The molecule has 2 aromatic rings. The molecule has 0 saturated carbocycles. The molecule has 0 radical (unpaired) electrons. The molecule has 0 aromatic heterocycles. The third-order valence-electron chi connectivity index (χ3n) is 3.49. The smallest absolute Gasteiger partial charge is 0.258 e. The number of nitrogens with zero attached hydrogens (tertiary/aromatic N) is 1. The molecule has 1 amide bonds. The average Bonchev–Trinajstić information content (AvgIpc) is 2.50. The van der Waals surface area contributed by atoms with Gasteiger partial charge in [-0.3, -0.25) is 4.79 Å². The van der Waals surface area contributed by atoms with Gasteiger partial charge in [0.25, 0.3) is 5.91 Å². The Morgan fingerprint density at radius 1 is 1.18 bits per heavy atom. The predicted molar refractivity (Wildman–Crippen MR) is 88.8 cm³/mol. The molecular weight excluding hydrogens is 281 g/mol. The van der Waals surface area contributed by atoms with Crippen LogP contribution in [-0.2, 0) is 0 Å². The van der Waals surface area contributed by atoms with Gasteiger partial charge >= 0.3 is 0 Å². The molecule has 0 fully saturated rings. The second-order valence-electron chi connectivity index (χ2n) is 4.88. The van der Waals surface area contributed by atoms with Gasteiger partial charge in [0, 0.05) is 18.8 Å². The highest BCUT2D eigenvalue weighted by molar-refractivity contribution is 6.06. The van der Waals surface area contributed by atoms with Crippen molar-refractivity contribution >= 4 is 23.0 Å². The van der Waals surface area contributed by atoms with Gasteiger partial charge in [0.2, 0.25) is 0 Å². The number of carbonyl (C=O) groups is 1. The molecule has 4 nitrogen and oxygen atoms in total. The van der Waals surface area contributed by atoms with Gasteiger partial charge in [-0.2, -0.15) is 0 Å². The highest BCUT2D eigenvalue weighted by atomic mass is 19.1. The first-order valence-electron chi connectivity index (χ1n) is 7.27. The van der Waals surface area contributed by atoms with E-state index in [1.54, 1.807) is 24.3 Å². The van der Waals surface area contributed by atoms with Crippen LogP contribution in [-0.4, -0.2) is 19.0 Å². The first kappa shape index (κ1) is 15.8. The molecule has 0 heterocycles. The number of benzene rings is 2. The lowest BCUT2D eigenvalue weighted by Crippen LogP contribution is -2.24. The summed E-state index contributed by atoms with van der Waals surface area (Å²) in [6, 6.07) is 11.2. The first-order valence-corrected chi connectivity index (χ1v) is 7.27. The molecule has 0 unspecified atom stereocenters. The Labute approximate surface area is 129 Å². The fourth-order valence-electron chi connectivity index (χ4n) is 2.33. The van der Waals surface area contributed by atoms with Gasteiger partial charge in [0.1, 0.15) is 5.82 Å². The maximum Gasteiger partial charge on any atom is 0.258 e. The van der Waals surface area contributed by atoms with Gasteiger partial charge in [-0.15, -0.1) is 0 Å². The number of rotatable bonds is 5. The number of nitrogens with two attached hydrogens (primary N) is 1. The summed E-state index contributed by atoms with van der Waals surface area (Å²) in [7, 11) is 0. The molecule has 0 saturated heterocycles. The summed E-state index contributed by atoms with van der Waals surface area (Å²) in [5.41, 5.74) is 7.81. The van der Waals surface area contributed by atoms with Crippen LogP contribution in [0.1, 0.15) is 24.2 Å². The van der Waals surface area contributed by atoms with Crippen molar-refractivity contribution in [3.8, 4) is 0 Å². The molecule has 2 aromatic carbocycles. The van der Waals surface area contributed by atoms with Crippen LogP contribution in [0.2, 0.25) is 0 Å². The minimum Gasteiger partial charge on any atom is -0.399 e. The van der Waals surface area contributed by atoms with Crippen molar-refractivity contribution in [2.24, 2.45) is 0 Å². The lowest BCUT2D eigenvalue weighted by atomic mass is 10.1. The summed E-state index contributed by atoms with van der Waals surface area (Å²) in [4.78, 5) is 14.4. The van der Waals surface area contributed by atoms with Gasteiger partial charge < -0.3 is 16.0 Å². The van der Waals surface area contributed by atoms with E-state index in [0.29, 0.717) is 11.4 Å². The molecule has 2 rings (SSSR count). The van der Waals surface area contributed by atoms with Crippen LogP contribution in [0.15, 0.2) is 42.5 Å². The molecular formula is C17H20FN3O. The Morgan fingerprint density at radius 3 is 2.50 bits per heavy atom. The third-order valence-corrected chi connectivity index (χ3v) is 3.49. The molecule has 0 aliphatic heterocycles. The Kier molecular flexibility index (Phi) is 4.99. The number of amides is 1. The van der Waals surface area contributed by atoms with Crippen LogP contribution < -0.4 is 16.0 Å². The lowest BCUT2D eigenvalue weighted by molar-refractivity contribution is 0.102. The van der Waals surface area contributed by atoms with E-state index in [9.17, 15) is 9.18 Å². The molecule has 0 aliphatic carbocycles. The Hall–Kier alpha value is -2.56. The molecule has 3 N–H and O–H groups in total. The zero-order chi connectivity index (χ0) is 16.1. The van der Waals surface area contributed by atoms with E-state index in [0.717, 1.165) is 18.8 Å². The van der Waals surface area contributed by atoms with Crippen molar-refractivity contribution < 1.29 is 9.18 Å². The minimum atomic E-state index is -0.548. The number of hydrogen-bond donors (Lipinski definition) is 2. The van der Waals surface area contributed by atoms with Crippen molar-refractivity contribution in [2.45, 2.75) is 13.8 Å². The van der Waals surface area contributed by atoms with E-state index in [1.807, 2.05) is 19.9 Å². The lowest BCUT2D eigenvalue weighted by Gasteiger charge is -2.24. The summed E-state index contributed by atoms with van der Waals surface area (Å²) >= 11 is 0. The van der Waals surface area contributed by atoms with Gasteiger partial charge in [0.05, 0.1) is 16.9 Å². The van der Waals surface area contributed by atoms with Gasteiger partial charge in [-0.05, 0) is 44.2 Å². The quantitative estimate of drug-likeness (QED) is 0.831. The Morgan fingerprint density at radius 2 is 1.86 bits per heavy atom. The second-order valence-corrected chi connectivity index (χ2v) is 4.88. The van der Waals surface area contributed by atoms with E-state index >= 15 is 0 Å². The molecule has 22 heavy (non-hydrogen) atoms. The fourth-order valence-corrected chi connectivity index (χ4v) is 2.33. The highest BCUT2D eigenvalue weighted by Gasteiger charge is 2.15. The van der Waals surface area contributed by atoms with Crippen LogP contribution >= 0.6 is 0 Å². The number of anilines is 3. The zero-order valence-electron chi connectivity index (χ0n) is 12.8. The van der Waals surface area contributed by atoms with E-state index in [-0.39, 0.29) is 5.56 Å². The van der Waals surface area contributed by atoms with E-state index in [4.69, 9.17) is 5.73 Å². The normalized spacial score (nSPS) is 10.3. The van der Waals surface area contributed by atoms with Crippen LogP contribution in [0.4, 0.5) is 21.5 Å². The van der Waals surface area contributed by atoms with E-state index in [1.165, 1.54) is 12.1 Å². The summed E-state index contributed by atoms with van der Waals surface area (Å²) in [6.07, 6.45) is 0. The van der Waals surface area contributed by atoms with Gasteiger partial charge in [-0.1, -0.05) is 12.1 Å². The third kappa shape index (κ3) is 3.36. The summed E-state index contributed by atoms with van der Waals surface area (Å²) in [5, 5.41) is 2.76. The van der Waals surface area contributed by atoms with Gasteiger partial charge in [0.15, 0.2) is 0 Å². The maximum absolute atomic E-state index is 13.7.